The van der Waals surface area contributed by atoms with Crippen LogP contribution in [0.1, 0.15) is 106 Å². The van der Waals surface area contributed by atoms with Crippen molar-refractivity contribution in [1.82, 2.24) is 0 Å². The van der Waals surface area contributed by atoms with Crippen LogP contribution in [0, 0.1) is 56.7 Å². The maximum Gasteiger partial charge on any atom is 0.0594 e. The highest BCUT2D eigenvalue weighted by atomic mass is 16.3. The van der Waals surface area contributed by atoms with Crippen LogP contribution in [-0.2, 0) is 0 Å². The quantitative estimate of drug-likeness (QED) is 0.429. The zero-order valence-corrected chi connectivity index (χ0v) is 22.0. The molecule has 4 saturated carbocycles. The van der Waals surface area contributed by atoms with E-state index in [-0.39, 0.29) is 22.3 Å². The normalized spacial score (nSPS) is 56.8. The van der Waals surface area contributed by atoms with Gasteiger partial charge in [-0.1, -0.05) is 60.1 Å². The van der Waals surface area contributed by atoms with Crippen molar-refractivity contribution >= 4 is 0 Å². The highest BCUT2D eigenvalue weighted by Crippen LogP contribution is 2.75. The van der Waals surface area contributed by atoms with E-state index >= 15 is 0 Å². The van der Waals surface area contributed by atoms with Crippen LogP contribution in [0.3, 0.4) is 0 Å². The van der Waals surface area contributed by atoms with Gasteiger partial charge in [0.25, 0.3) is 0 Å². The third kappa shape index (κ3) is 2.66. The van der Waals surface area contributed by atoms with E-state index < -0.39 is 0 Å². The molecule has 2 N–H and O–H groups in total. The molecular formula is C30H50O2. The van der Waals surface area contributed by atoms with Gasteiger partial charge in [-0.2, -0.15) is 0 Å². The van der Waals surface area contributed by atoms with E-state index in [1.165, 1.54) is 51.4 Å². The van der Waals surface area contributed by atoms with E-state index in [9.17, 15) is 10.2 Å². The molecular weight excluding hydrogens is 392 g/mol. The van der Waals surface area contributed by atoms with E-state index in [1.54, 1.807) is 5.57 Å². The lowest BCUT2D eigenvalue weighted by Gasteiger charge is -2.71. The fourth-order valence-electron chi connectivity index (χ4n) is 10.9. The molecule has 32 heavy (non-hydrogen) atoms. The SMILES string of the molecule is C[C@H]1[C@H](C)CC[C@]2(CO)CC[C@]3(C)C(=CC[C@@H]4[C@@]5(C)CC[C@H](O)C(C)(C)[C@H]5CC[C@]43C)[C@H]12. The first-order chi connectivity index (χ1) is 14.9. The highest BCUT2D eigenvalue weighted by molar-refractivity contribution is 5.34. The van der Waals surface area contributed by atoms with Gasteiger partial charge in [-0.25, -0.2) is 0 Å². The van der Waals surface area contributed by atoms with Gasteiger partial charge in [0, 0.05) is 12.0 Å². The lowest BCUT2D eigenvalue weighted by molar-refractivity contribution is -0.205. The Labute approximate surface area is 197 Å². The Kier molecular flexibility index (Phi) is 5.19. The van der Waals surface area contributed by atoms with Gasteiger partial charge >= 0.3 is 0 Å². The highest BCUT2D eigenvalue weighted by Gasteiger charge is 2.68. The first-order valence-corrected chi connectivity index (χ1v) is 13.9. The summed E-state index contributed by atoms with van der Waals surface area (Å²) in [5, 5.41) is 21.6. The van der Waals surface area contributed by atoms with Gasteiger partial charge in [0.2, 0.25) is 0 Å². The summed E-state index contributed by atoms with van der Waals surface area (Å²) in [7, 11) is 0. The molecule has 2 heteroatoms. The standard InChI is InChI=1S/C30H50O2/c1-19-10-15-30(18-31)17-16-28(6)21(25(30)20(19)2)8-9-23-27(5)13-12-24(32)26(3,4)22(27)11-14-29(23,28)7/h8,19-20,22-25,31-32H,9-18H2,1-7H3/t19-,20+,22-,23-,24+,25+,27+,28-,29-,30-/m1/s1. The van der Waals surface area contributed by atoms with Crippen LogP contribution in [0.5, 0.6) is 0 Å². The van der Waals surface area contributed by atoms with Gasteiger partial charge in [-0.3, -0.25) is 0 Å². The second-order valence-electron chi connectivity index (χ2n) is 14.5. The van der Waals surface area contributed by atoms with Crippen LogP contribution in [0.25, 0.3) is 0 Å². The fraction of sp³-hybridized carbons (Fsp3) is 0.933. The summed E-state index contributed by atoms with van der Waals surface area (Å²) in [6, 6.07) is 0. The lowest BCUT2D eigenvalue weighted by Crippen LogP contribution is -2.65. The smallest absolute Gasteiger partial charge is 0.0594 e. The Morgan fingerprint density at radius 3 is 2.28 bits per heavy atom. The Morgan fingerprint density at radius 1 is 0.875 bits per heavy atom. The number of allylic oxidation sites excluding steroid dienone is 2. The predicted molar refractivity (Wildman–Crippen MR) is 132 cm³/mol. The van der Waals surface area contributed by atoms with Crippen molar-refractivity contribution in [2.75, 3.05) is 6.61 Å². The Balaban J connectivity index is 1.59. The van der Waals surface area contributed by atoms with Crippen molar-refractivity contribution < 1.29 is 10.2 Å². The minimum absolute atomic E-state index is 0.0190. The third-order valence-corrected chi connectivity index (χ3v) is 13.5. The van der Waals surface area contributed by atoms with Crippen molar-refractivity contribution in [2.45, 2.75) is 112 Å². The van der Waals surface area contributed by atoms with Gasteiger partial charge in [0.05, 0.1) is 6.10 Å². The van der Waals surface area contributed by atoms with Crippen LogP contribution in [0.15, 0.2) is 11.6 Å². The van der Waals surface area contributed by atoms with Crippen molar-refractivity contribution in [3.63, 3.8) is 0 Å². The fourth-order valence-corrected chi connectivity index (χ4v) is 10.9. The molecule has 0 aromatic heterocycles. The maximum atomic E-state index is 10.9. The largest absolute Gasteiger partial charge is 0.396 e. The minimum atomic E-state index is -0.153. The molecule has 5 aliphatic rings. The monoisotopic (exact) mass is 442 g/mol. The maximum absolute atomic E-state index is 10.9. The zero-order chi connectivity index (χ0) is 23.3. The summed E-state index contributed by atoms with van der Waals surface area (Å²) >= 11 is 0. The van der Waals surface area contributed by atoms with Gasteiger partial charge in [-0.15, -0.1) is 0 Å². The van der Waals surface area contributed by atoms with Gasteiger partial charge in [-0.05, 0) is 109 Å². The summed E-state index contributed by atoms with van der Waals surface area (Å²) in [6.45, 7) is 17.9. The second-order valence-corrected chi connectivity index (χ2v) is 14.5. The van der Waals surface area contributed by atoms with Gasteiger partial charge in [0.15, 0.2) is 0 Å². The molecule has 5 rings (SSSR count). The number of fused-ring (bicyclic) bond motifs is 7. The molecule has 0 saturated heterocycles. The molecule has 0 heterocycles. The van der Waals surface area contributed by atoms with Crippen LogP contribution in [-0.4, -0.2) is 22.9 Å². The first kappa shape index (κ1) is 23.4. The molecule has 10 atom stereocenters. The van der Waals surface area contributed by atoms with Crippen molar-refractivity contribution in [2.24, 2.45) is 56.7 Å². The summed E-state index contributed by atoms with van der Waals surface area (Å²) in [5.74, 6) is 3.29. The molecule has 0 aromatic rings. The second kappa shape index (κ2) is 7.09. The van der Waals surface area contributed by atoms with Crippen molar-refractivity contribution in [1.29, 1.82) is 0 Å². The van der Waals surface area contributed by atoms with Crippen molar-refractivity contribution in [3.05, 3.63) is 11.6 Å². The van der Waals surface area contributed by atoms with Crippen LogP contribution in [0.2, 0.25) is 0 Å². The van der Waals surface area contributed by atoms with Gasteiger partial charge < -0.3 is 10.2 Å². The molecule has 2 nitrogen and oxygen atoms in total. The Morgan fingerprint density at radius 2 is 1.59 bits per heavy atom. The lowest BCUT2D eigenvalue weighted by atomic mass is 9.33. The van der Waals surface area contributed by atoms with Crippen LogP contribution >= 0.6 is 0 Å². The number of aliphatic hydroxyl groups is 2. The molecule has 0 aliphatic heterocycles. The third-order valence-electron chi connectivity index (χ3n) is 13.5. The summed E-state index contributed by atoms with van der Waals surface area (Å²) in [5.41, 5.74) is 2.77. The summed E-state index contributed by atoms with van der Waals surface area (Å²) in [6.07, 6.45) is 13.4. The molecule has 4 fully saturated rings. The number of aliphatic hydroxyl groups excluding tert-OH is 2. The molecule has 5 aliphatic carbocycles. The first-order valence-electron chi connectivity index (χ1n) is 13.9. The average molecular weight is 443 g/mol. The van der Waals surface area contributed by atoms with E-state index in [4.69, 9.17) is 0 Å². The van der Waals surface area contributed by atoms with Crippen LogP contribution in [0.4, 0.5) is 0 Å². The summed E-state index contributed by atoms with van der Waals surface area (Å²) < 4.78 is 0. The molecule has 182 valence electrons. The van der Waals surface area contributed by atoms with Crippen LogP contribution < -0.4 is 0 Å². The minimum Gasteiger partial charge on any atom is -0.396 e. The Bertz CT molecular complexity index is 799. The van der Waals surface area contributed by atoms with Crippen molar-refractivity contribution in [3.8, 4) is 0 Å². The number of rotatable bonds is 1. The Hall–Kier alpha value is -0.340. The summed E-state index contributed by atoms with van der Waals surface area (Å²) in [4.78, 5) is 0. The van der Waals surface area contributed by atoms with E-state index in [0.29, 0.717) is 41.1 Å². The number of hydrogen-bond donors (Lipinski definition) is 2. The zero-order valence-electron chi connectivity index (χ0n) is 22.0. The van der Waals surface area contributed by atoms with E-state index in [1.807, 2.05) is 0 Å². The molecule has 0 radical (unpaired) electrons. The predicted octanol–water partition coefficient (Wildman–Crippen LogP) is 7.00. The molecule has 0 spiro atoms. The molecule has 0 bridgehead atoms. The molecule has 0 unspecified atom stereocenters. The van der Waals surface area contributed by atoms with E-state index in [0.717, 1.165) is 12.3 Å². The van der Waals surface area contributed by atoms with Gasteiger partial charge in [0.1, 0.15) is 0 Å². The molecule has 0 aromatic carbocycles. The topological polar surface area (TPSA) is 40.5 Å². The number of hydrogen-bond acceptors (Lipinski definition) is 2. The molecule has 0 amide bonds. The van der Waals surface area contributed by atoms with E-state index in [2.05, 4.69) is 54.5 Å². The average Bonchev–Trinajstić information content (AvgIpc) is 2.74.